The lowest BCUT2D eigenvalue weighted by Gasteiger charge is -2.13. The monoisotopic (exact) mass is 489 g/mol. The summed E-state index contributed by atoms with van der Waals surface area (Å²) in [5.41, 5.74) is 6.54. The van der Waals surface area contributed by atoms with Gasteiger partial charge in [0.15, 0.2) is 5.78 Å². The number of Topliss-reactive ketones (excluding diaryl/α,β-unsaturated/α-hetero) is 1. The van der Waals surface area contributed by atoms with Crippen LogP contribution >= 0.6 is 22.7 Å². The molecule has 1 fully saturated rings. The Balaban J connectivity index is 0.000000200. The van der Waals surface area contributed by atoms with Gasteiger partial charge in [0.25, 0.3) is 0 Å². The van der Waals surface area contributed by atoms with Crippen LogP contribution < -0.4 is 5.32 Å². The fourth-order valence-corrected chi connectivity index (χ4v) is 5.26. The van der Waals surface area contributed by atoms with Gasteiger partial charge in [0.2, 0.25) is 0 Å². The van der Waals surface area contributed by atoms with Crippen molar-refractivity contribution < 1.29 is 9.59 Å². The molecule has 3 nitrogen and oxygen atoms in total. The minimum Gasteiger partial charge on any atom is -0.316 e. The van der Waals surface area contributed by atoms with Crippen LogP contribution in [0.4, 0.5) is 0 Å². The van der Waals surface area contributed by atoms with E-state index in [0.29, 0.717) is 5.41 Å². The first-order valence-electron chi connectivity index (χ1n) is 11.3. The van der Waals surface area contributed by atoms with Gasteiger partial charge in [-0.2, -0.15) is 0 Å². The summed E-state index contributed by atoms with van der Waals surface area (Å²) in [6.07, 6.45) is 2.65. The number of hydrogen-bond acceptors (Lipinski definition) is 5. The van der Waals surface area contributed by atoms with Gasteiger partial charge in [0.1, 0.15) is 6.79 Å². The molecule has 5 rings (SSSR count). The summed E-state index contributed by atoms with van der Waals surface area (Å²) in [6, 6.07) is 23.5. The topological polar surface area (TPSA) is 46.2 Å². The average molecular weight is 490 g/mol. The molecule has 1 N–H and O–H groups in total. The Labute approximate surface area is 210 Å². The minimum atomic E-state index is 0.126. The average Bonchev–Trinajstić information content (AvgIpc) is 3.28. The highest BCUT2D eigenvalue weighted by Gasteiger charge is 2.39. The number of benzene rings is 2. The Morgan fingerprint density at radius 3 is 1.91 bits per heavy atom. The predicted octanol–water partition coefficient (Wildman–Crippen LogP) is 7.62. The third kappa shape index (κ3) is 6.38. The Kier molecular flexibility index (Phi) is 9.11. The van der Waals surface area contributed by atoms with Gasteiger partial charge in [-0.25, -0.2) is 0 Å². The van der Waals surface area contributed by atoms with Gasteiger partial charge in [0, 0.05) is 21.9 Å². The molecule has 0 radical (unpaired) electrons. The second kappa shape index (κ2) is 12.0. The van der Waals surface area contributed by atoms with Crippen LogP contribution in [0.25, 0.3) is 20.9 Å². The van der Waals surface area contributed by atoms with Crippen molar-refractivity contribution in [3.8, 4) is 20.9 Å². The van der Waals surface area contributed by atoms with Crippen LogP contribution in [0.2, 0.25) is 0 Å². The number of thiophene rings is 2. The van der Waals surface area contributed by atoms with Crippen molar-refractivity contribution >= 4 is 35.2 Å². The maximum atomic E-state index is 11.1. The van der Waals surface area contributed by atoms with Crippen molar-refractivity contribution in [1.29, 1.82) is 0 Å². The molecule has 1 aliphatic carbocycles. The summed E-state index contributed by atoms with van der Waals surface area (Å²) < 4.78 is 0. The molecule has 5 heteroatoms. The number of carbonyl (C=O) groups excluding carboxylic acids is 2. The first-order chi connectivity index (χ1) is 16.5. The SMILES string of the molecule is C=O.CC1(c2cc(-c3cccs3)cc(-c3cccs3)c2)CC1.CNCc1ccccc1C(C)=O. The number of rotatable bonds is 6. The Morgan fingerprint density at radius 2 is 1.47 bits per heavy atom. The van der Waals surface area contributed by atoms with E-state index in [-0.39, 0.29) is 5.78 Å². The number of carbonyl (C=O) groups is 2. The molecular formula is C29H31NO2S2. The lowest BCUT2D eigenvalue weighted by atomic mass is 9.93. The van der Waals surface area contributed by atoms with Crippen molar-refractivity contribution in [2.45, 2.75) is 38.6 Å². The maximum Gasteiger partial charge on any atom is 0.160 e. The number of hydrogen-bond donors (Lipinski definition) is 1. The van der Waals surface area contributed by atoms with E-state index in [1.807, 2.05) is 60.8 Å². The van der Waals surface area contributed by atoms with Crippen LogP contribution in [0.1, 0.15) is 48.2 Å². The molecule has 4 aromatic rings. The molecule has 0 atom stereocenters. The zero-order valence-corrected chi connectivity index (χ0v) is 21.6. The van der Waals surface area contributed by atoms with E-state index in [2.05, 4.69) is 65.5 Å². The summed E-state index contributed by atoms with van der Waals surface area (Å²) in [4.78, 5) is 21.9. The lowest BCUT2D eigenvalue weighted by molar-refractivity contribution is -0.0980. The quantitative estimate of drug-likeness (QED) is 0.283. The van der Waals surface area contributed by atoms with E-state index < -0.39 is 0 Å². The van der Waals surface area contributed by atoms with E-state index >= 15 is 0 Å². The van der Waals surface area contributed by atoms with E-state index in [1.54, 1.807) is 6.92 Å². The highest BCUT2D eigenvalue weighted by atomic mass is 32.1. The summed E-state index contributed by atoms with van der Waals surface area (Å²) in [6.45, 7) is 6.73. The van der Waals surface area contributed by atoms with Gasteiger partial charge in [-0.05, 0) is 95.6 Å². The van der Waals surface area contributed by atoms with E-state index in [1.165, 1.54) is 39.3 Å². The third-order valence-corrected chi connectivity index (χ3v) is 7.84. The van der Waals surface area contributed by atoms with E-state index in [9.17, 15) is 4.79 Å². The Bertz CT molecular complexity index is 1140. The van der Waals surface area contributed by atoms with Crippen LogP contribution in [0.15, 0.2) is 77.5 Å². The molecule has 0 aliphatic heterocycles. The minimum absolute atomic E-state index is 0.126. The van der Waals surface area contributed by atoms with Crippen LogP contribution in [-0.4, -0.2) is 19.6 Å². The normalized spacial score (nSPS) is 13.1. The van der Waals surface area contributed by atoms with Crippen molar-refractivity contribution in [2.75, 3.05) is 7.05 Å². The van der Waals surface area contributed by atoms with Crippen LogP contribution in [-0.2, 0) is 16.8 Å². The molecule has 2 aromatic heterocycles. The maximum absolute atomic E-state index is 11.1. The zero-order chi connectivity index (χ0) is 24.6. The van der Waals surface area contributed by atoms with Crippen molar-refractivity contribution in [2.24, 2.45) is 0 Å². The summed E-state index contributed by atoms with van der Waals surface area (Å²) in [7, 11) is 1.87. The van der Waals surface area contributed by atoms with Crippen molar-refractivity contribution in [3.63, 3.8) is 0 Å². The number of ketones is 1. The molecule has 34 heavy (non-hydrogen) atoms. The highest BCUT2D eigenvalue weighted by molar-refractivity contribution is 7.14. The van der Waals surface area contributed by atoms with Gasteiger partial charge in [-0.1, -0.05) is 43.3 Å². The second-order valence-electron chi connectivity index (χ2n) is 8.56. The molecule has 176 valence electrons. The summed E-state index contributed by atoms with van der Waals surface area (Å²) in [5, 5.41) is 7.34. The largest absolute Gasteiger partial charge is 0.316 e. The Morgan fingerprint density at radius 1 is 0.912 bits per heavy atom. The molecule has 0 bridgehead atoms. The van der Waals surface area contributed by atoms with Crippen molar-refractivity contribution in [1.82, 2.24) is 5.32 Å². The highest BCUT2D eigenvalue weighted by Crippen LogP contribution is 2.49. The molecule has 1 aliphatic rings. The van der Waals surface area contributed by atoms with Gasteiger partial charge in [-0.15, -0.1) is 22.7 Å². The molecule has 2 heterocycles. The third-order valence-electron chi connectivity index (χ3n) is 6.01. The van der Waals surface area contributed by atoms with Gasteiger partial charge >= 0.3 is 0 Å². The molecule has 0 spiro atoms. The summed E-state index contributed by atoms with van der Waals surface area (Å²) >= 11 is 3.65. The fraction of sp³-hybridized carbons (Fsp3) is 0.241. The van der Waals surface area contributed by atoms with Gasteiger partial charge < -0.3 is 10.1 Å². The molecule has 0 saturated heterocycles. The van der Waals surface area contributed by atoms with Crippen LogP contribution in [0, 0.1) is 0 Å². The smallest absolute Gasteiger partial charge is 0.160 e. The molecule has 0 unspecified atom stereocenters. The van der Waals surface area contributed by atoms with Crippen molar-refractivity contribution in [3.05, 3.63) is 94.2 Å². The second-order valence-corrected chi connectivity index (χ2v) is 10.5. The zero-order valence-electron chi connectivity index (χ0n) is 20.0. The van der Waals surface area contributed by atoms with Crippen LogP contribution in [0.3, 0.4) is 0 Å². The van der Waals surface area contributed by atoms with E-state index in [0.717, 1.165) is 17.7 Å². The Hall–Kier alpha value is -2.86. The van der Waals surface area contributed by atoms with Gasteiger partial charge in [0.05, 0.1) is 0 Å². The molecule has 1 saturated carbocycles. The molecule has 2 aromatic carbocycles. The first-order valence-corrected chi connectivity index (χ1v) is 13.0. The molecular weight excluding hydrogens is 458 g/mol. The first kappa shape index (κ1) is 25.8. The van der Waals surface area contributed by atoms with Crippen LogP contribution in [0.5, 0.6) is 0 Å². The lowest BCUT2D eigenvalue weighted by Crippen LogP contribution is -2.09. The number of nitrogens with one attached hydrogen (secondary N) is 1. The fourth-order valence-electron chi connectivity index (χ4n) is 3.83. The predicted molar refractivity (Wildman–Crippen MR) is 146 cm³/mol. The molecule has 0 amide bonds. The van der Waals surface area contributed by atoms with Gasteiger partial charge in [-0.3, -0.25) is 4.79 Å². The van der Waals surface area contributed by atoms with E-state index in [4.69, 9.17) is 4.79 Å². The summed E-state index contributed by atoms with van der Waals surface area (Å²) in [5.74, 6) is 0.126. The standard InChI is InChI=1S/C18H16S2.C10H13NO.CH2O/c1-18(6-7-18)15-11-13(16-4-2-8-19-16)10-14(12-15)17-5-3-9-20-17;1-8(12)10-6-4-3-5-9(10)7-11-2;1-2/h2-5,8-12H,6-7H2,1H3;3-6,11H,7H2,1-2H3;1H2.